The molecule has 0 aliphatic rings. The largest absolute Gasteiger partial charge is 0.456 e. The van der Waals surface area contributed by atoms with Crippen molar-refractivity contribution in [3.8, 4) is 56.7 Å². The van der Waals surface area contributed by atoms with Gasteiger partial charge in [-0.05, 0) is 77.9 Å². The van der Waals surface area contributed by atoms with Crippen LogP contribution in [-0.4, -0.2) is 24.1 Å². The highest BCUT2D eigenvalue weighted by Crippen LogP contribution is 2.42. The number of hydrogen-bond acceptors (Lipinski definition) is 4. The molecule has 0 aliphatic heterocycles. The van der Waals surface area contributed by atoms with E-state index in [1.165, 1.54) is 32.6 Å². The van der Waals surface area contributed by atoms with Crippen molar-refractivity contribution >= 4 is 65.6 Å². The molecule has 4 aromatic heterocycles. The number of fused-ring (bicyclic) bond motifs is 9. The van der Waals surface area contributed by atoms with E-state index in [-0.39, 0.29) is 0 Å². The predicted molar refractivity (Wildman–Crippen MR) is 258 cm³/mol. The number of nitrogens with zero attached hydrogens (tertiary/aromatic N) is 5. The van der Waals surface area contributed by atoms with Crippen molar-refractivity contribution in [1.82, 2.24) is 24.1 Å². The van der Waals surface area contributed by atoms with Crippen molar-refractivity contribution in [2.24, 2.45) is 0 Å². The fraction of sp³-hybridized carbons (Fsp3) is 0. The zero-order valence-electron chi connectivity index (χ0n) is 33.9. The van der Waals surface area contributed by atoms with Gasteiger partial charge in [-0.1, -0.05) is 146 Å². The highest BCUT2D eigenvalue weighted by molar-refractivity contribution is 6.19. The minimum absolute atomic E-state index is 0.593. The van der Waals surface area contributed by atoms with Crippen LogP contribution >= 0.6 is 0 Å². The third-order valence-corrected chi connectivity index (χ3v) is 12.4. The Morgan fingerprint density at radius 3 is 1.49 bits per heavy atom. The van der Waals surface area contributed by atoms with Crippen LogP contribution in [0.5, 0.6) is 0 Å². The van der Waals surface area contributed by atoms with Gasteiger partial charge in [0.25, 0.3) is 0 Å². The molecular formula is C57H35N5O. The van der Waals surface area contributed by atoms with Crippen molar-refractivity contribution < 1.29 is 4.42 Å². The van der Waals surface area contributed by atoms with Crippen molar-refractivity contribution in [3.05, 3.63) is 212 Å². The summed E-state index contributed by atoms with van der Waals surface area (Å²) in [7, 11) is 0. The van der Waals surface area contributed by atoms with Crippen molar-refractivity contribution in [3.63, 3.8) is 0 Å². The van der Waals surface area contributed by atoms with Gasteiger partial charge >= 0.3 is 0 Å². The first kappa shape index (κ1) is 35.2. The molecule has 0 aliphatic carbocycles. The number of furan rings is 1. The number of rotatable bonds is 6. The molecule has 0 saturated carbocycles. The van der Waals surface area contributed by atoms with Gasteiger partial charge in [-0.15, -0.1) is 0 Å². The Morgan fingerprint density at radius 1 is 0.302 bits per heavy atom. The highest BCUT2D eigenvalue weighted by atomic mass is 16.3. The lowest BCUT2D eigenvalue weighted by Gasteiger charge is -2.12. The van der Waals surface area contributed by atoms with Gasteiger partial charge < -0.3 is 13.6 Å². The SMILES string of the molecule is c1ccc(-c2nc(-c3ccccc3)nc(-c3cccc4oc5ccc(-c6cccc(-n7c8ccccc8c8cc9c%10ccccc%10n(-c%10ccccc%10)c9cc87)c6)cc5c34)n2)cc1. The van der Waals surface area contributed by atoms with Gasteiger partial charge in [0.05, 0.1) is 22.1 Å². The second-order valence-corrected chi connectivity index (χ2v) is 16.0. The molecule has 0 unspecified atom stereocenters. The quantitative estimate of drug-likeness (QED) is 0.168. The second kappa shape index (κ2) is 14.0. The van der Waals surface area contributed by atoms with Crippen molar-refractivity contribution in [1.29, 1.82) is 0 Å². The first-order chi connectivity index (χ1) is 31.2. The number of aromatic nitrogens is 5. The first-order valence-corrected chi connectivity index (χ1v) is 21.2. The summed E-state index contributed by atoms with van der Waals surface area (Å²) in [6.07, 6.45) is 0. The Labute approximate surface area is 361 Å². The lowest BCUT2D eigenvalue weighted by molar-refractivity contribution is 0.669. The van der Waals surface area contributed by atoms with E-state index in [0.717, 1.165) is 72.2 Å². The predicted octanol–water partition coefficient (Wildman–Crippen LogP) is 14.6. The molecule has 9 aromatic carbocycles. The van der Waals surface area contributed by atoms with Gasteiger partial charge in [-0.2, -0.15) is 0 Å². The van der Waals surface area contributed by atoms with Gasteiger partial charge in [-0.25, -0.2) is 15.0 Å². The molecule has 0 atom stereocenters. The average molecular weight is 806 g/mol. The summed E-state index contributed by atoms with van der Waals surface area (Å²) >= 11 is 0. The molecule has 0 spiro atoms. The molecule has 294 valence electrons. The van der Waals surface area contributed by atoms with E-state index in [9.17, 15) is 0 Å². The number of para-hydroxylation sites is 3. The van der Waals surface area contributed by atoms with Gasteiger partial charge in [0, 0.05) is 60.4 Å². The van der Waals surface area contributed by atoms with E-state index < -0.39 is 0 Å². The molecule has 0 amide bonds. The van der Waals surface area contributed by atoms with Crippen LogP contribution < -0.4 is 0 Å². The third kappa shape index (κ3) is 5.62. The maximum atomic E-state index is 6.54. The molecule has 4 heterocycles. The smallest absolute Gasteiger partial charge is 0.164 e. The van der Waals surface area contributed by atoms with Crippen LogP contribution in [0, 0.1) is 0 Å². The second-order valence-electron chi connectivity index (χ2n) is 16.0. The van der Waals surface area contributed by atoms with E-state index in [4.69, 9.17) is 19.4 Å². The van der Waals surface area contributed by atoms with Crippen LogP contribution in [0.3, 0.4) is 0 Å². The maximum absolute atomic E-state index is 6.54. The molecule has 0 N–H and O–H groups in total. The zero-order chi connectivity index (χ0) is 41.4. The summed E-state index contributed by atoms with van der Waals surface area (Å²) in [6.45, 7) is 0. The molecule has 13 aromatic rings. The zero-order valence-corrected chi connectivity index (χ0v) is 33.9. The summed E-state index contributed by atoms with van der Waals surface area (Å²) in [5, 5.41) is 6.89. The summed E-state index contributed by atoms with van der Waals surface area (Å²) in [5.74, 6) is 1.83. The summed E-state index contributed by atoms with van der Waals surface area (Å²) in [6, 6.07) is 74.5. The molecule has 63 heavy (non-hydrogen) atoms. The standard InChI is InChI=1S/C57H35N5O/c1-4-16-36(17-5-1)55-58-56(37-18-6-2-7-19-37)60-57(59-55)44-26-15-29-53-54(44)47-33-39(30-31-52(47)63-53)38-20-14-23-41(32-38)62-49-28-13-11-25-43(49)46-34-45-42-24-10-12-27-48(42)61(50(45)35-51(46)62)40-21-8-3-9-22-40/h1-35H. The number of hydrogen-bond donors (Lipinski definition) is 0. The van der Waals surface area contributed by atoms with Gasteiger partial charge in [0.1, 0.15) is 11.2 Å². The summed E-state index contributed by atoms with van der Waals surface area (Å²) < 4.78 is 11.3. The molecular weight excluding hydrogens is 771 g/mol. The Kier molecular flexibility index (Phi) is 7.80. The van der Waals surface area contributed by atoms with Crippen LogP contribution in [0.2, 0.25) is 0 Å². The minimum atomic E-state index is 0.593. The molecule has 0 saturated heterocycles. The Hall–Kier alpha value is -8.61. The van der Waals surface area contributed by atoms with Crippen LogP contribution in [0.25, 0.3) is 122 Å². The lowest BCUT2D eigenvalue weighted by atomic mass is 10.00. The third-order valence-electron chi connectivity index (χ3n) is 12.4. The Balaban J connectivity index is 0.989. The van der Waals surface area contributed by atoms with Crippen molar-refractivity contribution in [2.45, 2.75) is 0 Å². The fourth-order valence-electron chi connectivity index (χ4n) is 9.51. The van der Waals surface area contributed by atoms with Crippen LogP contribution in [-0.2, 0) is 0 Å². The lowest BCUT2D eigenvalue weighted by Crippen LogP contribution is -2.00. The van der Waals surface area contributed by atoms with Gasteiger partial charge in [-0.3, -0.25) is 0 Å². The Morgan fingerprint density at radius 2 is 0.825 bits per heavy atom. The highest BCUT2D eigenvalue weighted by Gasteiger charge is 2.21. The van der Waals surface area contributed by atoms with Crippen LogP contribution in [0.4, 0.5) is 0 Å². The topological polar surface area (TPSA) is 61.7 Å². The number of benzene rings is 9. The monoisotopic (exact) mass is 805 g/mol. The van der Waals surface area contributed by atoms with E-state index in [1.807, 2.05) is 72.8 Å². The molecule has 0 bridgehead atoms. The maximum Gasteiger partial charge on any atom is 0.164 e. The van der Waals surface area contributed by atoms with E-state index >= 15 is 0 Å². The molecule has 13 rings (SSSR count). The normalized spacial score (nSPS) is 11.8. The summed E-state index contributed by atoms with van der Waals surface area (Å²) in [5.41, 5.74) is 13.4. The van der Waals surface area contributed by atoms with E-state index in [2.05, 4.69) is 149 Å². The molecule has 6 heteroatoms. The molecule has 0 fully saturated rings. The van der Waals surface area contributed by atoms with Crippen molar-refractivity contribution in [2.75, 3.05) is 0 Å². The average Bonchev–Trinajstić information content (AvgIpc) is 4.01. The molecule has 0 radical (unpaired) electrons. The van der Waals surface area contributed by atoms with Gasteiger partial charge in [0.2, 0.25) is 0 Å². The Bertz CT molecular complexity index is 3850. The van der Waals surface area contributed by atoms with Crippen LogP contribution in [0.1, 0.15) is 0 Å². The first-order valence-electron chi connectivity index (χ1n) is 21.2. The van der Waals surface area contributed by atoms with E-state index in [0.29, 0.717) is 17.5 Å². The molecule has 6 nitrogen and oxygen atoms in total. The van der Waals surface area contributed by atoms with Gasteiger partial charge in [0.15, 0.2) is 17.5 Å². The summed E-state index contributed by atoms with van der Waals surface area (Å²) in [4.78, 5) is 15.1. The van der Waals surface area contributed by atoms with E-state index in [1.54, 1.807) is 0 Å². The fourth-order valence-corrected chi connectivity index (χ4v) is 9.51. The van der Waals surface area contributed by atoms with Crippen LogP contribution in [0.15, 0.2) is 217 Å². The minimum Gasteiger partial charge on any atom is -0.456 e.